The molecule has 5 saturated carbocycles. The van der Waals surface area contributed by atoms with Crippen LogP contribution >= 0.6 is 0 Å². The van der Waals surface area contributed by atoms with Crippen molar-refractivity contribution >= 4 is 18.1 Å². The highest BCUT2D eigenvalue weighted by Crippen LogP contribution is 2.52. The van der Waals surface area contributed by atoms with Crippen LogP contribution in [-0.2, 0) is 39.2 Å². The molecule has 5 aromatic carbocycles. The molecule has 3 aliphatic heterocycles. The lowest BCUT2D eigenvalue weighted by Crippen LogP contribution is -2.56. The van der Waals surface area contributed by atoms with Crippen LogP contribution in [0.3, 0.4) is 0 Å². The van der Waals surface area contributed by atoms with E-state index in [1.807, 2.05) is 55.5 Å². The summed E-state index contributed by atoms with van der Waals surface area (Å²) in [6, 6.07) is 49.0. The normalized spacial score (nSPS) is 28.4. The summed E-state index contributed by atoms with van der Waals surface area (Å²) >= 11 is 0. The van der Waals surface area contributed by atoms with Gasteiger partial charge in [0.25, 0.3) is 0 Å². The number of benzene rings is 5. The Balaban J connectivity index is 0.000000146. The van der Waals surface area contributed by atoms with E-state index >= 15 is 0 Å². The smallest absolute Gasteiger partial charge is 0.320 e. The Morgan fingerprint density at radius 1 is 0.415 bits per heavy atom. The molecular weight excluding hydrogens is 1170 g/mol. The van der Waals surface area contributed by atoms with Crippen molar-refractivity contribution in [3.63, 3.8) is 0 Å². The van der Waals surface area contributed by atoms with Gasteiger partial charge >= 0.3 is 18.1 Å². The van der Waals surface area contributed by atoms with E-state index in [0.717, 1.165) is 171 Å². The first-order valence-corrected chi connectivity index (χ1v) is 35.0. The van der Waals surface area contributed by atoms with Gasteiger partial charge in [0.05, 0.1) is 42.0 Å². The Morgan fingerprint density at radius 2 is 0.798 bits per heavy atom. The molecule has 3 spiro atoms. The molecule has 94 heavy (non-hydrogen) atoms. The zero-order chi connectivity index (χ0) is 66.4. The maximum atomic E-state index is 14.0. The fourth-order valence-corrected chi connectivity index (χ4v) is 17.8. The van der Waals surface area contributed by atoms with Gasteiger partial charge < -0.3 is 49.2 Å². The lowest BCUT2D eigenvalue weighted by molar-refractivity contribution is -0.0846. The zero-order valence-corrected chi connectivity index (χ0v) is 58.4. The van der Waals surface area contributed by atoms with Crippen LogP contribution in [0.2, 0.25) is 0 Å². The van der Waals surface area contributed by atoms with E-state index in [0.29, 0.717) is 13.1 Å². The summed E-state index contributed by atoms with van der Waals surface area (Å²) in [5, 5.41) is 6.48. The van der Waals surface area contributed by atoms with Crippen LogP contribution in [0.1, 0.15) is 156 Å². The van der Waals surface area contributed by atoms with Crippen LogP contribution in [0.25, 0.3) is 0 Å². The van der Waals surface area contributed by atoms with Crippen molar-refractivity contribution in [3.8, 4) is 11.5 Å². The van der Waals surface area contributed by atoms with Gasteiger partial charge in [-0.1, -0.05) is 115 Å². The zero-order valence-electron chi connectivity index (χ0n) is 58.4. The second kappa shape index (κ2) is 28.6. The summed E-state index contributed by atoms with van der Waals surface area (Å²) in [7, 11) is 20.2. The number of methoxy groups -OCH3 is 4. The lowest BCUT2D eigenvalue weighted by atomic mass is 9.68. The molecule has 5 aromatic rings. The number of carbonyl (C=O) groups is 3. The van der Waals surface area contributed by atoms with Gasteiger partial charge in [0.1, 0.15) is 11.5 Å². The Labute approximate surface area is 561 Å². The predicted molar refractivity (Wildman–Crippen MR) is 373 cm³/mol. The van der Waals surface area contributed by atoms with Crippen LogP contribution in [-0.4, -0.2) is 184 Å². The van der Waals surface area contributed by atoms with E-state index < -0.39 is 0 Å². The summed E-state index contributed by atoms with van der Waals surface area (Å²) in [5.41, 5.74) is 6.21. The van der Waals surface area contributed by atoms with Crippen molar-refractivity contribution in [3.05, 3.63) is 167 Å². The van der Waals surface area contributed by atoms with Gasteiger partial charge in [0.2, 0.25) is 0 Å². The highest BCUT2D eigenvalue weighted by Gasteiger charge is 2.57. The number of hydrogen-bond acceptors (Lipinski definition) is 10. The average Bonchev–Trinajstić information content (AvgIpc) is 1.57. The van der Waals surface area contributed by atoms with Crippen molar-refractivity contribution in [2.45, 2.75) is 186 Å². The maximum absolute atomic E-state index is 14.0. The molecule has 3 saturated heterocycles. The van der Waals surface area contributed by atoms with Crippen molar-refractivity contribution < 1.29 is 33.3 Å². The molecule has 8 fully saturated rings. The summed E-state index contributed by atoms with van der Waals surface area (Å²) in [5.74, 6) is 1.68. The van der Waals surface area contributed by atoms with Crippen LogP contribution < -0.4 is 20.1 Å². The van der Waals surface area contributed by atoms with Crippen molar-refractivity contribution in [1.29, 1.82) is 0 Å². The van der Waals surface area contributed by atoms with Gasteiger partial charge in [-0.3, -0.25) is 14.7 Å². The number of rotatable bonds is 20. The summed E-state index contributed by atoms with van der Waals surface area (Å²) in [4.78, 5) is 54.9. The van der Waals surface area contributed by atoms with Gasteiger partial charge in [-0.25, -0.2) is 14.4 Å². The summed E-state index contributed by atoms with van der Waals surface area (Å²) in [6.45, 7) is 5.19. The molecule has 508 valence electrons. The highest BCUT2D eigenvalue weighted by atomic mass is 16.5. The van der Waals surface area contributed by atoms with Gasteiger partial charge in [-0.2, -0.15) is 0 Å². The molecule has 3 heterocycles. The fraction of sp³-hybridized carbons (Fsp3) is 0.577. The van der Waals surface area contributed by atoms with Crippen LogP contribution in [0.4, 0.5) is 14.4 Å². The van der Waals surface area contributed by atoms with Crippen molar-refractivity contribution in [1.82, 2.24) is 44.9 Å². The average molecular weight is 1280 g/mol. The van der Waals surface area contributed by atoms with E-state index in [2.05, 4.69) is 185 Å². The van der Waals surface area contributed by atoms with E-state index in [9.17, 15) is 14.4 Å². The minimum Gasteiger partial charge on any atom is -0.497 e. The Kier molecular flexibility index (Phi) is 20.9. The third-order valence-electron chi connectivity index (χ3n) is 24.7. The standard InChI is InChI=1S/C31H43N3O3.C24H31N3O2.C23H35N3O2/c1-32(2)31(26-9-6-5-7-10-26)19-17-29(18-20-31)24-33(23-25-11-13-27(36-3)14-12-25)28(35)34(29)22-21-30(37-4)15-8-16-30;1-26(2)24(20-7-5-4-6-8-20)15-13-23(14-16-24)18-27(22(28)25-23)17-19-9-11-21(29-3)12-10-19;1-25(2)23(19-8-5-4-6-9-19)14-12-21(13-15-23)18-24-20(27)26(21)17-16-22(28-3)10-7-11-22/h5-7,9-14H,8,15-24H2,1-4H3;4-12H,13-18H2,1-3H3,(H,25,28);4-6,8-9H,7,10-18H2,1-3H3,(H,24,27). The second-order valence-electron chi connectivity index (χ2n) is 29.7. The molecule has 0 unspecified atom stereocenters. The van der Waals surface area contributed by atoms with E-state index in [4.69, 9.17) is 18.9 Å². The minimum absolute atomic E-state index is 0.00631. The maximum Gasteiger partial charge on any atom is 0.320 e. The molecule has 16 heteroatoms. The molecule has 16 nitrogen and oxygen atoms in total. The molecule has 6 amide bonds. The fourth-order valence-electron chi connectivity index (χ4n) is 17.8. The highest BCUT2D eigenvalue weighted by molar-refractivity contribution is 5.79. The van der Waals surface area contributed by atoms with Crippen molar-refractivity contribution in [2.24, 2.45) is 0 Å². The molecule has 0 bridgehead atoms. The summed E-state index contributed by atoms with van der Waals surface area (Å²) in [6.07, 6.45) is 21.2. The largest absolute Gasteiger partial charge is 0.497 e. The molecule has 0 atom stereocenters. The Bertz CT molecular complexity index is 3270. The lowest BCUT2D eigenvalue weighted by Gasteiger charge is -2.51. The molecule has 2 N–H and O–H groups in total. The topological polar surface area (TPSA) is 135 Å². The third kappa shape index (κ3) is 13.7. The minimum atomic E-state index is -0.128. The van der Waals surface area contributed by atoms with Crippen LogP contribution in [0, 0.1) is 0 Å². The monoisotopic (exact) mass is 1280 g/mol. The van der Waals surface area contributed by atoms with Gasteiger partial charge in [-0.15, -0.1) is 0 Å². The summed E-state index contributed by atoms with van der Waals surface area (Å²) < 4.78 is 22.3. The number of carbonyl (C=O) groups excluding carboxylic acids is 3. The Hall–Kier alpha value is -6.69. The third-order valence-corrected chi connectivity index (χ3v) is 24.7. The number of nitrogens with one attached hydrogen (secondary N) is 2. The number of hydrogen-bond donors (Lipinski definition) is 2. The SMILES string of the molecule is COC1(CCN2C(=O)NCC23CCC(c2ccccc2)(N(C)C)CC3)CCC1.COc1ccc(CN2CC3(CCC(c4ccccc4)(N(C)C)CC3)N(CCC3(OC)CCC3)C2=O)cc1.COc1ccc(CN2CC3(CCC(c4ccccc4)(N(C)C)CC3)NC2=O)cc1. The number of ether oxygens (including phenoxy) is 4. The number of nitrogens with zero attached hydrogens (tertiary/aromatic N) is 7. The van der Waals surface area contributed by atoms with E-state index in [1.54, 1.807) is 14.2 Å². The van der Waals surface area contributed by atoms with Crippen molar-refractivity contribution in [2.75, 3.05) is 103 Å². The van der Waals surface area contributed by atoms with Crippen LogP contribution in [0.5, 0.6) is 11.5 Å². The number of urea groups is 3. The van der Waals surface area contributed by atoms with Gasteiger partial charge in [-0.05, 0) is 223 Å². The number of amides is 6. The molecule has 8 aliphatic rings. The van der Waals surface area contributed by atoms with E-state index in [-0.39, 0.29) is 62.5 Å². The quantitative estimate of drug-likeness (QED) is 0.0775. The Morgan fingerprint density at radius 3 is 1.17 bits per heavy atom. The first-order chi connectivity index (χ1) is 45.3. The molecule has 5 aliphatic carbocycles. The van der Waals surface area contributed by atoms with Crippen LogP contribution in [0.15, 0.2) is 140 Å². The molecular formula is C78H109N9O7. The second-order valence-corrected chi connectivity index (χ2v) is 29.7. The molecule has 0 aromatic heterocycles. The molecule has 0 radical (unpaired) electrons. The van der Waals surface area contributed by atoms with Gasteiger partial charge in [0, 0.05) is 76.6 Å². The first kappa shape index (κ1) is 68.7. The van der Waals surface area contributed by atoms with Gasteiger partial charge in [0.15, 0.2) is 0 Å². The van der Waals surface area contributed by atoms with E-state index in [1.165, 1.54) is 29.5 Å². The first-order valence-electron chi connectivity index (χ1n) is 35.0. The predicted octanol–water partition coefficient (Wildman–Crippen LogP) is 13.4. The molecule has 13 rings (SSSR count).